The van der Waals surface area contributed by atoms with Crippen molar-refractivity contribution >= 4 is 28.3 Å². The van der Waals surface area contributed by atoms with E-state index in [0.29, 0.717) is 43.0 Å². The predicted molar refractivity (Wildman–Crippen MR) is 116 cm³/mol. The van der Waals surface area contributed by atoms with E-state index in [2.05, 4.69) is 9.55 Å². The third-order valence-corrected chi connectivity index (χ3v) is 7.11. The molecular weight excluding hydrogens is 439 g/mol. The van der Waals surface area contributed by atoms with Gasteiger partial charge in [0, 0.05) is 25.7 Å². The molecule has 0 aliphatic carbocycles. The molecule has 9 heteroatoms. The topological polar surface area (TPSA) is 47.4 Å². The average molecular weight is 464 g/mol. The van der Waals surface area contributed by atoms with E-state index in [9.17, 15) is 18.0 Å². The van der Waals surface area contributed by atoms with Crippen molar-refractivity contribution in [1.29, 1.82) is 0 Å². The Hall–Kier alpha value is -2.39. The lowest BCUT2D eigenvalue weighted by atomic mass is 10.0. The number of carbonyl (C=O) groups excluding carboxylic acids is 1. The number of aromatic nitrogens is 2. The fourth-order valence-corrected chi connectivity index (χ4v) is 5.41. The van der Waals surface area contributed by atoms with E-state index in [0.717, 1.165) is 43.4 Å². The number of fused-ring (bicyclic) bond motifs is 1. The molecule has 2 saturated heterocycles. The summed E-state index contributed by atoms with van der Waals surface area (Å²) >= 11 is 1.58. The Balaban J connectivity index is 1.40. The zero-order valence-corrected chi connectivity index (χ0v) is 18.3. The maximum absolute atomic E-state index is 13.2. The lowest BCUT2D eigenvalue weighted by molar-refractivity contribution is -0.137. The van der Waals surface area contributed by atoms with E-state index in [1.165, 1.54) is 6.07 Å². The molecule has 2 fully saturated rings. The summed E-state index contributed by atoms with van der Waals surface area (Å²) in [5, 5.41) is 3.96. The van der Waals surface area contributed by atoms with E-state index in [4.69, 9.17) is 4.74 Å². The van der Waals surface area contributed by atoms with Crippen LogP contribution >= 0.6 is 11.3 Å². The molecule has 2 aliphatic heterocycles. The van der Waals surface area contributed by atoms with Crippen LogP contribution in [0.5, 0.6) is 0 Å². The van der Waals surface area contributed by atoms with Gasteiger partial charge in [0.1, 0.15) is 11.9 Å². The Bertz CT molecular complexity index is 1100. The van der Waals surface area contributed by atoms with Crippen molar-refractivity contribution in [2.75, 3.05) is 19.7 Å². The van der Waals surface area contributed by atoms with Crippen LogP contribution in [0.15, 0.2) is 35.0 Å². The van der Waals surface area contributed by atoms with Gasteiger partial charge in [-0.3, -0.25) is 4.79 Å². The van der Waals surface area contributed by atoms with Crippen molar-refractivity contribution in [2.24, 2.45) is 0 Å². The van der Waals surface area contributed by atoms with Crippen molar-refractivity contribution in [3.63, 3.8) is 0 Å². The van der Waals surface area contributed by atoms with Gasteiger partial charge in [-0.1, -0.05) is 0 Å². The van der Waals surface area contributed by atoms with Crippen LogP contribution < -0.4 is 0 Å². The Morgan fingerprint density at radius 2 is 2.00 bits per heavy atom. The van der Waals surface area contributed by atoms with Crippen molar-refractivity contribution in [2.45, 2.75) is 50.4 Å². The highest BCUT2D eigenvalue weighted by Gasteiger charge is 2.34. The van der Waals surface area contributed by atoms with Gasteiger partial charge in [-0.05, 0) is 66.3 Å². The molecule has 5 nitrogen and oxygen atoms in total. The van der Waals surface area contributed by atoms with Crippen LogP contribution in [0.4, 0.5) is 13.2 Å². The quantitative estimate of drug-likeness (QED) is 0.522. The molecule has 3 aromatic rings. The highest BCUT2D eigenvalue weighted by molar-refractivity contribution is 7.08. The first-order valence-electron chi connectivity index (χ1n) is 10.9. The maximum Gasteiger partial charge on any atom is 0.416 e. The number of thiophene rings is 1. The Morgan fingerprint density at radius 3 is 2.66 bits per heavy atom. The van der Waals surface area contributed by atoms with Crippen LogP contribution in [0.2, 0.25) is 0 Å². The molecule has 1 aromatic carbocycles. The third kappa shape index (κ3) is 4.15. The number of likely N-dealkylation sites (tertiary alicyclic amines) is 1. The van der Waals surface area contributed by atoms with E-state index >= 15 is 0 Å². The van der Waals surface area contributed by atoms with Crippen molar-refractivity contribution < 1.29 is 22.7 Å². The van der Waals surface area contributed by atoms with Gasteiger partial charge >= 0.3 is 6.18 Å². The molecule has 0 radical (unpaired) electrons. The van der Waals surface area contributed by atoms with Gasteiger partial charge in [0.15, 0.2) is 0 Å². The van der Waals surface area contributed by atoms with Crippen molar-refractivity contribution in [3.05, 3.63) is 52.0 Å². The van der Waals surface area contributed by atoms with Crippen LogP contribution in [-0.2, 0) is 22.1 Å². The summed E-state index contributed by atoms with van der Waals surface area (Å²) in [5.41, 5.74) is 1.39. The van der Waals surface area contributed by atoms with Gasteiger partial charge in [0.25, 0.3) is 0 Å². The number of piperidine rings is 1. The normalized spacial score (nSPS) is 20.3. The minimum Gasteiger partial charge on any atom is -0.370 e. The van der Waals surface area contributed by atoms with Gasteiger partial charge in [0.2, 0.25) is 5.91 Å². The lowest BCUT2D eigenvalue weighted by Gasteiger charge is -2.34. The van der Waals surface area contributed by atoms with Crippen molar-refractivity contribution in [3.8, 4) is 0 Å². The molecule has 0 spiro atoms. The summed E-state index contributed by atoms with van der Waals surface area (Å²) < 4.78 is 47.6. The molecule has 5 rings (SSSR count). The maximum atomic E-state index is 13.2. The minimum absolute atomic E-state index is 0.0705. The monoisotopic (exact) mass is 463 g/mol. The fourth-order valence-electron chi connectivity index (χ4n) is 4.74. The lowest BCUT2D eigenvalue weighted by Crippen LogP contribution is -2.40. The fraction of sp³-hybridized carbons (Fsp3) is 0.478. The standard InChI is InChI=1S/C23H24F3N3O2S/c24-23(25,26)16-3-4-19-18(13-16)27-22(20-2-1-10-31-20)29(19)17-5-8-28(9-6-17)21(30)12-15-7-11-32-14-15/h3-4,7,11,13-14,17,20H,1-2,5-6,8-10,12H2/t20-/m1/s1. The number of nitrogens with zero attached hydrogens (tertiary/aromatic N) is 3. The first-order valence-corrected chi connectivity index (χ1v) is 11.8. The number of ether oxygens (including phenoxy) is 1. The third-order valence-electron chi connectivity index (χ3n) is 6.38. The Morgan fingerprint density at radius 1 is 1.19 bits per heavy atom. The Labute approximate surface area is 187 Å². The molecule has 0 unspecified atom stereocenters. The highest BCUT2D eigenvalue weighted by Crippen LogP contribution is 2.38. The van der Waals surface area contributed by atoms with E-state index in [1.807, 2.05) is 21.7 Å². The molecule has 0 bridgehead atoms. The number of rotatable bonds is 4. The summed E-state index contributed by atoms with van der Waals surface area (Å²) in [6.45, 7) is 1.88. The Kier molecular flexibility index (Phi) is 5.71. The summed E-state index contributed by atoms with van der Waals surface area (Å²) in [6.07, 6.45) is -0.997. The zero-order chi connectivity index (χ0) is 22.3. The first-order chi connectivity index (χ1) is 15.4. The van der Waals surface area contributed by atoms with Gasteiger partial charge < -0.3 is 14.2 Å². The molecule has 170 valence electrons. The largest absolute Gasteiger partial charge is 0.416 e. The number of imidazole rings is 1. The van der Waals surface area contributed by atoms with Crippen LogP contribution in [0.1, 0.15) is 54.8 Å². The van der Waals surface area contributed by atoms with Gasteiger partial charge in [-0.15, -0.1) is 0 Å². The molecule has 1 atom stereocenters. The molecular formula is C23H24F3N3O2S. The second-order valence-corrected chi connectivity index (χ2v) is 9.24. The number of benzene rings is 1. The molecule has 2 aromatic heterocycles. The molecule has 2 aliphatic rings. The number of hydrogen-bond acceptors (Lipinski definition) is 4. The summed E-state index contributed by atoms with van der Waals surface area (Å²) in [5.74, 6) is 0.825. The number of halogens is 3. The van der Waals surface area contributed by atoms with Crippen molar-refractivity contribution in [1.82, 2.24) is 14.5 Å². The zero-order valence-electron chi connectivity index (χ0n) is 17.5. The minimum atomic E-state index is -4.41. The van der Waals surface area contributed by atoms with Crippen LogP contribution in [-0.4, -0.2) is 40.1 Å². The molecule has 0 saturated carbocycles. The van der Waals surface area contributed by atoms with E-state index in [1.54, 1.807) is 11.3 Å². The van der Waals surface area contributed by atoms with Gasteiger partial charge in [0.05, 0.1) is 23.0 Å². The van der Waals surface area contributed by atoms with E-state index in [-0.39, 0.29) is 18.1 Å². The first kappa shape index (κ1) is 21.5. The summed E-state index contributed by atoms with van der Waals surface area (Å²) in [4.78, 5) is 19.2. The average Bonchev–Trinajstić information content (AvgIpc) is 3.53. The summed E-state index contributed by atoms with van der Waals surface area (Å²) in [7, 11) is 0. The van der Waals surface area contributed by atoms with Gasteiger partial charge in [-0.25, -0.2) is 4.98 Å². The van der Waals surface area contributed by atoms with Crippen LogP contribution in [0, 0.1) is 0 Å². The van der Waals surface area contributed by atoms with Gasteiger partial charge in [-0.2, -0.15) is 24.5 Å². The number of alkyl halides is 3. The van der Waals surface area contributed by atoms with E-state index < -0.39 is 11.7 Å². The number of hydrogen-bond donors (Lipinski definition) is 0. The SMILES string of the molecule is O=C(Cc1ccsc1)N1CCC(n2c([C@H]3CCCO3)nc3cc(C(F)(F)F)ccc32)CC1. The molecule has 1 amide bonds. The number of amides is 1. The molecule has 4 heterocycles. The van der Waals surface area contributed by atoms with Crippen LogP contribution in [0.3, 0.4) is 0 Å². The second-order valence-electron chi connectivity index (χ2n) is 8.46. The predicted octanol–water partition coefficient (Wildman–Crippen LogP) is 5.37. The molecule has 0 N–H and O–H groups in total. The second kappa shape index (κ2) is 8.51. The van der Waals surface area contributed by atoms with Crippen LogP contribution in [0.25, 0.3) is 11.0 Å². The number of carbonyl (C=O) groups is 1. The smallest absolute Gasteiger partial charge is 0.370 e. The summed E-state index contributed by atoms with van der Waals surface area (Å²) in [6, 6.07) is 5.82. The molecule has 32 heavy (non-hydrogen) atoms. The highest BCUT2D eigenvalue weighted by atomic mass is 32.1.